The van der Waals surface area contributed by atoms with Crippen LogP contribution in [0.1, 0.15) is 50.6 Å². The van der Waals surface area contributed by atoms with Crippen LogP contribution in [0.4, 0.5) is 0 Å². The molecule has 0 bridgehead atoms. The van der Waals surface area contributed by atoms with Crippen LogP contribution >= 0.6 is 0 Å². The summed E-state index contributed by atoms with van der Waals surface area (Å²) >= 11 is 0. The Morgan fingerprint density at radius 3 is 2.42 bits per heavy atom. The summed E-state index contributed by atoms with van der Waals surface area (Å²) in [5.74, 6) is -1.23. The summed E-state index contributed by atoms with van der Waals surface area (Å²) in [6.45, 7) is 2.99. The largest absolute Gasteiger partial charge is 0.330 e. The SMILES string of the molecule is NC[C@@H]1CN(Cc2ccc3c(c2)C(=O)N(C2CCC(=O)NC2=O)C3=O)C[C@H]1c1ccccc1. The zero-order valence-electron chi connectivity index (χ0n) is 18.2. The Labute approximate surface area is 191 Å². The number of fused-ring (bicyclic) bond motifs is 1. The fourth-order valence-corrected chi connectivity index (χ4v) is 5.28. The number of hydrogen-bond donors (Lipinski definition) is 2. The summed E-state index contributed by atoms with van der Waals surface area (Å²) in [6.07, 6.45) is 0.257. The number of benzene rings is 2. The summed E-state index contributed by atoms with van der Waals surface area (Å²) in [7, 11) is 0. The number of carbonyl (C=O) groups excluding carboxylic acids is 4. The Morgan fingerprint density at radius 1 is 0.939 bits per heavy atom. The Kier molecular flexibility index (Phi) is 5.55. The van der Waals surface area contributed by atoms with Gasteiger partial charge in [-0.15, -0.1) is 0 Å². The van der Waals surface area contributed by atoms with E-state index in [4.69, 9.17) is 5.73 Å². The number of hydrogen-bond acceptors (Lipinski definition) is 6. The number of piperidine rings is 1. The second-order valence-corrected chi connectivity index (χ2v) is 9.03. The van der Waals surface area contributed by atoms with Crippen molar-refractivity contribution in [2.24, 2.45) is 11.7 Å². The second kappa shape index (κ2) is 8.53. The molecule has 0 spiro atoms. The standard InChI is InChI=1S/C25H26N4O4/c26-11-17-13-28(14-20(17)16-4-2-1-3-5-16)12-15-6-7-18-19(10-15)25(33)29(24(18)32)21-8-9-22(30)27-23(21)31/h1-7,10,17,20-21H,8-9,11-14,26H2,(H,27,30,31)/t17-,20+,21?/m1/s1. The van der Waals surface area contributed by atoms with Crippen LogP contribution in [-0.4, -0.2) is 59.1 Å². The smallest absolute Gasteiger partial charge is 0.262 e. The van der Waals surface area contributed by atoms with Gasteiger partial charge in [-0.25, -0.2) is 0 Å². The molecule has 1 unspecified atom stereocenters. The number of nitrogens with zero attached hydrogens (tertiary/aromatic N) is 2. The molecule has 3 aliphatic rings. The number of rotatable bonds is 5. The lowest BCUT2D eigenvalue weighted by atomic mass is 9.89. The zero-order chi connectivity index (χ0) is 23.1. The van der Waals surface area contributed by atoms with Crippen molar-refractivity contribution < 1.29 is 19.2 Å². The summed E-state index contributed by atoms with van der Waals surface area (Å²) in [5.41, 5.74) is 8.90. The molecule has 8 nitrogen and oxygen atoms in total. The zero-order valence-corrected chi connectivity index (χ0v) is 18.2. The molecule has 3 atom stereocenters. The number of nitrogens with one attached hydrogen (secondary N) is 1. The number of nitrogens with two attached hydrogens (primary N) is 1. The third-order valence-corrected chi connectivity index (χ3v) is 6.96. The molecule has 0 aliphatic carbocycles. The van der Waals surface area contributed by atoms with E-state index in [1.54, 1.807) is 12.1 Å². The minimum Gasteiger partial charge on any atom is -0.330 e. The van der Waals surface area contributed by atoms with Crippen molar-refractivity contribution >= 4 is 23.6 Å². The van der Waals surface area contributed by atoms with Crippen molar-refractivity contribution in [2.75, 3.05) is 19.6 Å². The van der Waals surface area contributed by atoms with Crippen molar-refractivity contribution in [1.29, 1.82) is 0 Å². The van der Waals surface area contributed by atoms with Crippen LogP contribution in [0.3, 0.4) is 0 Å². The molecule has 2 fully saturated rings. The summed E-state index contributed by atoms with van der Waals surface area (Å²) < 4.78 is 0. The first-order valence-corrected chi connectivity index (χ1v) is 11.3. The minimum atomic E-state index is -0.950. The molecule has 3 heterocycles. The first-order chi connectivity index (χ1) is 16.0. The Balaban J connectivity index is 1.33. The Hall–Kier alpha value is -3.36. The van der Waals surface area contributed by atoms with Crippen LogP contribution in [0.2, 0.25) is 0 Å². The van der Waals surface area contributed by atoms with Gasteiger partial charge in [0.15, 0.2) is 0 Å². The highest BCUT2D eigenvalue weighted by molar-refractivity contribution is 6.23. The van der Waals surface area contributed by atoms with Gasteiger partial charge in [-0.05, 0) is 42.1 Å². The van der Waals surface area contributed by atoms with Crippen molar-refractivity contribution in [1.82, 2.24) is 15.1 Å². The van der Waals surface area contributed by atoms with Crippen LogP contribution in [-0.2, 0) is 16.1 Å². The van der Waals surface area contributed by atoms with Gasteiger partial charge in [-0.1, -0.05) is 36.4 Å². The highest BCUT2D eigenvalue weighted by atomic mass is 16.2. The number of carbonyl (C=O) groups is 4. The minimum absolute atomic E-state index is 0.106. The van der Waals surface area contributed by atoms with Crippen LogP contribution in [0.25, 0.3) is 0 Å². The molecule has 4 amide bonds. The van der Waals surface area contributed by atoms with Crippen LogP contribution in [0.5, 0.6) is 0 Å². The molecule has 5 rings (SSSR count). The summed E-state index contributed by atoms with van der Waals surface area (Å²) in [6, 6.07) is 14.7. The monoisotopic (exact) mass is 446 g/mol. The molecule has 2 aromatic carbocycles. The van der Waals surface area contributed by atoms with Gasteiger partial charge in [0.1, 0.15) is 6.04 Å². The van der Waals surface area contributed by atoms with E-state index in [-0.39, 0.29) is 18.7 Å². The van der Waals surface area contributed by atoms with Crippen molar-refractivity contribution in [3.05, 3.63) is 70.8 Å². The molecular weight excluding hydrogens is 420 g/mol. The summed E-state index contributed by atoms with van der Waals surface area (Å²) in [4.78, 5) is 53.0. The fourth-order valence-electron chi connectivity index (χ4n) is 5.28. The lowest BCUT2D eigenvalue weighted by Crippen LogP contribution is -2.54. The predicted octanol–water partition coefficient (Wildman–Crippen LogP) is 1.26. The van der Waals surface area contributed by atoms with Gasteiger partial charge in [0, 0.05) is 32.0 Å². The third kappa shape index (κ3) is 3.85. The maximum atomic E-state index is 13.1. The lowest BCUT2D eigenvalue weighted by Gasteiger charge is -2.27. The molecule has 0 saturated carbocycles. The normalized spacial score (nSPS) is 25.5. The van der Waals surface area contributed by atoms with Crippen molar-refractivity contribution in [3.63, 3.8) is 0 Å². The third-order valence-electron chi connectivity index (χ3n) is 6.96. The highest BCUT2D eigenvalue weighted by Gasteiger charge is 2.44. The van der Waals surface area contributed by atoms with Gasteiger partial charge in [0.25, 0.3) is 11.8 Å². The molecule has 170 valence electrons. The van der Waals surface area contributed by atoms with Gasteiger partial charge in [-0.3, -0.25) is 34.3 Å². The molecule has 2 saturated heterocycles. The Morgan fingerprint density at radius 2 is 1.70 bits per heavy atom. The van der Waals surface area contributed by atoms with Crippen molar-refractivity contribution in [2.45, 2.75) is 31.3 Å². The fraction of sp³-hybridized carbons (Fsp3) is 0.360. The van der Waals surface area contributed by atoms with E-state index >= 15 is 0 Å². The summed E-state index contributed by atoms with van der Waals surface area (Å²) in [5, 5.41) is 2.22. The van der Waals surface area contributed by atoms with E-state index in [0.717, 1.165) is 23.6 Å². The number of likely N-dealkylation sites (tertiary alicyclic amines) is 1. The number of imide groups is 2. The van der Waals surface area contributed by atoms with Crippen molar-refractivity contribution in [3.8, 4) is 0 Å². The molecular formula is C25H26N4O4. The maximum Gasteiger partial charge on any atom is 0.262 e. The quantitative estimate of drug-likeness (QED) is 0.669. The van der Waals surface area contributed by atoms with E-state index in [2.05, 4.69) is 22.3 Å². The average Bonchev–Trinajstić information content (AvgIpc) is 3.33. The number of amides is 4. The highest BCUT2D eigenvalue weighted by Crippen LogP contribution is 2.34. The van der Waals surface area contributed by atoms with Crippen LogP contribution < -0.4 is 11.1 Å². The van der Waals surface area contributed by atoms with Gasteiger partial charge >= 0.3 is 0 Å². The van der Waals surface area contributed by atoms with Gasteiger partial charge in [-0.2, -0.15) is 0 Å². The Bertz CT molecular complexity index is 1130. The van der Waals surface area contributed by atoms with Crippen LogP contribution in [0, 0.1) is 5.92 Å². The van der Waals surface area contributed by atoms with E-state index in [9.17, 15) is 19.2 Å². The molecule has 0 aromatic heterocycles. The molecule has 3 N–H and O–H groups in total. The van der Waals surface area contributed by atoms with Gasteiger partial charge < -0.3 is 5.73 Å². The van der Waals surface area contributed by atoms with E-state index < -0.39 is 23.8 Å². The van der Waals surface area contributed by atoms with E-state index in [1.165, 1.54) is 5.56 Å². The topological polar surface area (TPSA) is 113 Å². The lowest BCUT2D eigenvalue weighted by molar-refractivity contribution is -0.136. The second-order valence-electron chi connectivity index (χ2n) is 9.03. The molecule has 0 radical (unpaired) electrons. The molecule has 2 aromatic rings. The first-order valence-electron chi connectivity index (χ1n) is 11.3. The van der Waals surface area contributed by atoms with E-state index in [0.29, 0.717) is 36.1 Å². The molecule has 8 heteroatoms. The predicted molar refractivity (Wildman–Crippen MR) is 120 cm³/mol. The van der Waals surface area contributed by atoms with E-state index in [1.807, 2.05) is 24.3 Å². The van der Waals surface area contributed by atoms with Crippen LogP contribution in [0.15, 0.2) is 48.5 Å². The first kappa shape index (κ1) is 21.5. The maximum absolute atomic E-state index is 13.1. The van der Waals surface area contributed by atoms with Gasteiger partial charge in [0.05, 0.1) is 11.1 Å². The molecule has 33 heavy (non-hydrogen) atoms. The average molecular weight is 447 g/mol. The van der Waals surface area contributed by atoms with Gasteiger partial charge in [0.2, 0.25) is 11.8 Å². The molecule has 3 aliphatic heterocycles.